The highest BCUT2D eigenvalue weighted by molar-refractivity contribution is 5.85. The molecular formula is C16H20N2. The minimum atomic E-state index is 0.634. The van der Waals surface area contributed by atoms with E-state index in [-0.39, 0.29) is 0 Å². The maximum absolute atomic E-state index is 3.70. The molecule has 0 amide bonds. The van der Waals surface area contributed by atoms with E-state index < -0.39 is 0 Å². The monoisotopic (exact) mass is 240 g/mol. The topological polar surface area (TPSA) is 19.0 Å². The third-order valence-electron chi connectivity index (χ3n) is 4.83. The standard InChI is InChI=1S/C16H20N2/c1-11-5-4-9-18-10-8-13-12-6-2-3-7-14(12)17-15(13)16(11)18/h2-3,6-7,11,16-17H,4-5,8-10H2,1H3. The van der Waals surface area contributed by atoms with Crippen LogP contribution in [0.3, 0.4) is 0 Å². The summed E-state index contributed by atoms with van der Waals surface area (Å²) in [4.78, 5) is 6.39. The van der Waals surface area contributed by atoms with Crippen LogP contribution in [0.2, 0.25) is 0 Å². The van der Waals surface area contributed by atoms with Gasteiger partial charge in [-0.05, 0) is 43.4 Å². The molecule has 1 fully saturated rings. The van der Waals surface area contributed by atoms with Gasteiger partial charge in [0, 0.05) is 23.1 Å². The number of aromatic amines is 1. The molecule has 1 saturated heterocycles. The summed E-state index contributed by atoms with van der Waals surface area (Å²) in [6.45, 7) is 4.94. The van der Waals surface area contributed by atoms with Gasteiger partial charge in [0.2, 0.25) is 0 Å². The molecule has 2 aliphatic rings. The van der Waals surface area contributed by atoms with Crippen molar-refractivity contribution < 1.29 is 0 Å². The largest absolute Gasteiger partial charge is 0.357 e. The maximum Gasteiger partial charge on any atom is 0.0527 e. The molecule has 2 nitrogen and oxygen atoms in total. The van der Waals surface area contributed by atoms with Crippen LogP contribution in [0.25, 0.3) is 10.9 Å². The normalized spacial score (nSPS) is 28.1. The molecule has 4 rings (SSSR count). The van der Waals surface area contributed by atoms with Gasteiger partial charge in [0.05, 0.1) is 6.04 Å². The van der Waals surface area contributed by atoms with Crippen LogP contribution in [0.5, 0.6) is 0 Å². The van der Waals surface area contributed by atoms with E-state index in [4.69, 9.17) is 0 Å². The lowest BCUT2D eigenvalue weighted by Gasteiger charge is -2.43. The molecule has 2 aliphatic heterocycles. The number of nitrogens with one attached hydrogen (secondary N) is 1. The minimum absolute atomic E-state index is 0.634. The van der Waals surface area contributed by atoms with Gasteiger partial charge in [0.15, 0.2) is 0 Å². The van der Waals surface area contributed by atoms with Gasteiger partial charge < -0.3 is 4.98 Å². The molecule has 0 aliphatic carbocycles. The Balaban J connectivity index is 1.90. The second kappa shape index (κ2) is 3.86. The van der Waals surface area contributed by atoms with Crippen molar-refractivity contribution in [2.24, 2.45) is 5.92 Å². The third-order valence-corrected chi connectivity index (χ3v) is 4.83. The van der Waals surface area contributed by atoms with E-state index >= 15 is 0 Å². The second-order valence-corrected chi connectivity index (χ2v) is 5.91. The van der Waals surface area contributed by atoms with Crippen LogP contribution < -0.4 is 0 Å². The van der Waals surface area contributed by atoms with Gasteiger partial charge in [-0.25, -0.2) is 0 Å². The Labute approximate surface area is 108 Å². The molecule has 94 valence electrons. The molecule has 1 aromatic heterocycles. The zero-order chi connectivity index (χ0) is 12.1. The Morgan fingerprint density at radius 2 is 2.11 bits per heavy atom. The molecule has 0 bridgehead atoms. The van der Waals surface area contributed by atoms with Gasteiger partial charge in [-0.1, -0.05) is 25.1 Å². The Morgan fingerprint density at radius 3 is 3.06 bits per heavy atom. The number of para-hydroxylation sites is 1. The SMILES string of the molecule is CC1CCCN2CCc3c([nH]c4ccccc34)C12. The first-order chi connectivity index (χ1) is 8.84. The van der Waals surface area contributed by atoms with Crippen LogP contribution in [-0.2, 0) is 6.42 Å². The lowest BCUT2D eigenvalue weighted by molar-refractivity contribution is 0.0896. The molecule has 0 saturated carbocycles. The molecular weight excluding hydrogens is 220 g/mol. The molecule has 2 heteroatoms. The van der Waals surface area contributed by atoms with E-state index in [1.807, 2.05) is 0 Å². The van der Waals surface area contributed by atoms with Crippen molar-refractivity contribution in [1.82, 2.24) is 9.88 Å². The predicted octanol–water partition coefficient (Wildman–Crippen LogP) is 3.50. The number of hydrogen-bond acceptors (Lipinski definition) is 1. The summed E-state index contributed by atoms with van der Waals surface area (Å²) in [5.74, 6) is 0.783. The van der Waals surface area contributed by atoms with Crippen LogP contribution >= 0.6 is 0 Å². The summed E-state index contributed by atoms with van der Waals surface area (Å²) in [6, 6.07) is 9.41. The Bertz CT molecular complexity index is 584. The molecule has 3 heterocycles. The molecule has 2 atom stereocenters. The summed E-state index contributed by atoms with van der Waals surface area (Å²) in [7, 11) is 0. The Kier molecular flexibility index (Phi) is 2.28. The highest BCUT2D eigenvalue weighted by atomic mass is 15.2. The van der Waals surface area contributed by atoms with Gasteiger partial charge >= 0.3 is 0 Å². The molecule has 1 aromatic carbocycles. The van der Waals surface area contributed by atoms with Gasteiger partial charge in [-0.15, -0.1) is 0 Å². The fourth-order valence-electron chi connectivity index (χ4n) is 3.99. The highest BCUT2D eigenvalue weighted by Gasteiger charge is 2.35. The third kappa shape index (κ3) is 1.39. The lowest BCUT2D eigenvalue weighted by Crippen LogP contribution is -2.42. The average Bonchev–Trinajstić information content (AvgIpc) is 2.77. The first-order valence-corrected chi connectivity index (χ1v) is 7.18. The fourth-order valence-corrected chi connectivity index (χ4v) is 3.99. The number of rotatable bonds is 0. The zero-order valence-electron chi connectivity index (χ0n) is 10.9. The van der Waals surface area contributed by atoms with Crippen molar-refractivity contribution in [3.63, 3.8) is 0 Å². The number of H-pyrrole nitrogens is 1. The zero-order valence-corrected chi connectivity index (χ0v) is 10.9. The van der Waals surface area contributed by atoms with Crippen LogP contribution in [0.1, 0.15) is 37.1 Å². The van der Waals surface area contributed by atoms with Crippen molar-refractivity contribution in [2.45, 2.75) is 32.2 Å². The number of fused-ring (bicyclic) bond motifs is 5. The van der Waals surface area contributed by atoms with E-state index in [1.54, 1.807) is 5.56 Å². The van der Waals surface area contributed by atoms with Crippen molar-refractivity contribution in [1.29, 1.82) is 0 Å². The number of aromatic nitrogens is 1. The first kappa shape index (κ1) is 10.6. The Hall–Kier alpha value is -1.28. The summed E-state index contributed by atoms with van der Waals surface area (Å²) < 4.78 is 0. The minimum Gasteiger partial charge on any atom is -0.357 e. The predicted molar refractivity (Wildman–Crippen MR) is 74.7 cm³/mol. The molecule has 2 unspecified atom stereocenters. The van der Waals surface area contributed by atoms with E-state index in [0.29, 0.717) is 6.04 Å². The number of piperidine rings is 1. The number of hydrogen-bond donors (Lipinski definition) is 1. The van der Waals surface area contributed by atoms with Crippen LogP contribution in [-0.4, -0.2) is 23.0 Å². The summed E-state index contributed by atoms with van der Waals surface area (Å²) >= 11 is 0. The van der Waals surface area contributed by atoms with Crippen LogP contribution in [0.4, 0.5) is 0 Å². The molecule has 1 N–H and O–H groups in total. The van der Waals surface area contributed by atoms with Crippen molar-refractivity contribution >= 4 is 10.9 Å². The second-order valence-electron chi connectivity index (χ2n) is 5.91. The maximum atomic E-state index is 3.70. The molecule has 2 aromatic rings. The quantitative estimate of drug-likeness (QED) is 0.746. The Morgan fingerprint density at radius 1 is 1.22 bits per heavy atom. The van der Waals surface area contributed by atoms with Crippen molar-refractivity contribution in [3.05, 3.63) is 35.5 Å². The molecule has 18 heavy (non-hydrogen) atoms. The molecule has 0 spiro atoms. The van der Waals surface area contributed by atoms with Gasteiger partial charge in [-0.3, -0.25) is 4.90 Å². The van der Waals surface area contributed by atoms with Gasteiger partial charge in [0.1, 0.15) is 0 Å². The van der Waals surface area contributed by atoms with Crippen molar-refractivity contribution in [3.8, 4) is 0 Å². The van der Waals surface area contributed by atoms with Gasteiger partial charge in [0.25, 0.3) is 0 Å². The van der Waals surface area contributed by atoms with E-state index in [0.717, 1.165) is 5.92 Å². The van der Waals surface area contributed by atoms with E-state index in [1.165, 1.54) is 48.9 Å². The van der Waals surface area contributed by atoms with Crippen LogP contribution in [0, 0.1) is 5.92 Å². The van der Waals surface area contributed by atoms with Crippen LogP contribution in [0.15, 0.2) is 24.3 Å². The summed E-state index contributed by atoms with van der Waals surface area (Å²) in [5.41, 5.74) is 4.41. The average molecular weight is 240 g/mol. The first-order valence-electron chi connectivity index (χ1n) is 7.18. The smallest absolute Gasteiger partial charge is 0.0527 e. The van der Waals surface area contributed by atoms with Gasteiger partial charge in [-0.2, -0.15) is 0 Å². The van der Waals surface area contributed by atoms with E-state index in [9.17, 15) is 0 Å². The fraction of sp³-hybridized carbons (Fsp3) is 0.500. The summed E-state index contributed by atoms with van der Waals surface area (Å²) in [6.07, 6.45) is 3.95. The number of benzene rings is 1. The lowest BCUT2D eigenvalue weighted by atomic mass is 9.84. The van der Waals surface area contributed by atoms with E-state index in [2.05, 4.69) is 41.1 Å². The highest BCUT2D eigenvalue weighted by Crippen LogP contribution is 2.42. The molecule has 0 radical (unpaired) electrons. The number of nitrogens with zero attached hydrogens (tertiary/aromatic N) is 1. The summed E-state index contributed by atoms with van der Waals surface area (Å²) in [5, 5.41) is 1.45. The van der Waals surface area contributed by atoms with Crippen molar-refractivity contribution in [2.75, 3.05) is 13.1 Å².